The lowest BCUT2D eigenvalue weighted by molar-refractivity contribution is -0.136. The van der Waals surface area contributed by atoms with Gasteiger partial charge in [0, 0.05) is 13.1 Å². The summed E-state index contributed by atoms with van der Waals surface area (Å²) in [7, 11) is 0. The van der Waals surface area contributed by atoms with Crippen molar-refractivity contribution in [3.63, 3.8) is 0 Å². The summed E-state index contributed by atoms with van der Waals surface area (Å²) in [6.45, 7) is -0.0401. The van der Waals surface area contributed by atoms with Crippen LogP contribution in [-0.4, -0.2) is 30.2 Å². The van der Waals surface area contributed by atoms with Crippen molar-refractivity contribution in [1.82, 2.24) is 10.6 Å². The zero-order valence-electron chi connectivity index (χ0n) is 10.4. The van der Waals surface area contributed by atoms with E-state index in [4.69, 9.17) is 5.11 Å². The van der Waals surface area contributed by atoms with E-state index in [9.17, 15) is 22.8 Å². The average Bonchev–Trinajstić information content (AvgIpc) is 2.38. The summed E-state index contributed by atoms with van der Waals surface area (Å²) in [6.07, 6.45) is -0.236. The van der Waals surface area contributed by atoms with Crippen LogP contribution in [0.5, 0.6) is 0 Å². The summed E-state index contributed by atoms with van der Waals surface area (Å²) in [5, 5.41) is 13.0. The monoisotopic (exact) mass is 290 g/mol. The Balaban J connectivity index is 2.36. The van der Waals surface area contributed by atoms with Crippen molar-refractivity contribution in [2.75, 3.05) is 13.1 Å². The van der Waals surface area contributed by atoms with Gasteiger partial charge < -0.3 is 15.7 Å². The van der Waals surface area contributed by atoms with Crippen molar-refractivity contribution in [2.24, 2.45) is 0 Å². The Hall–Kier alpha value is -2.25. The number of aliphatic carboxylic acids is 1. The van der Waals surface area contributed by atoms with Crippen molar-refractivity contribution in [1.29, 1.82) is 0 Å². The molecule has 0 aliphatic heterocycles. The number of nitrogens with one attached hydrogen (secondary N) is 2. The Morgan fingerprint density at radius 1 is 1.05 bits per heavy atom. The number of carboxylic acid groups (broad SMARTS) is 1. The summed E-state index contributed by atoms with van der Waals surface area (Å²) >= 11 is 0. The maximum atomic E-state index is 13.3. The third-order valence-corrected chi connectivity index (χ3v) is 2.42. The minimum atomic E-state index is -1.55. The fraction of sp³-hybridized carbons (Fsp3) is 0.333. The Labute approximate surface area is 112 Å². The molecule has 0 saturated heterocycles. The molecule has 2 amide bonds. The first-order valence-corrected chi connectivity index (χ1v) is 5.77. The predicted molar refractivity (Wildman–Crippen MR) is 63.7 cm³/mol. The molecule has 1 aromatic rings. The van der Waals surface area contributed by atoms with E-state index in [2.05, 4.69) is 10.6 Å². The van der Waals surface area contributed by atoms with Crippen LogP contribution in [0.25, 0.3) is 0 Å². The van der Waals surface area contributed by atoms with Crippen LogP contribution < -0.4 is 10.6 Å². The molecule has 0 aliphatic carbocycles. The number of hydrogen-bond donors (Lipinski definition) is 3. The Morgan fingerprint density at radius 3 is 2.35 bits per heavy atom. The molecule has 0 fully saturated rings. The molecular formula is C12H13F3N2O3. The molecule has 0 atom stereocenters. The molecule has 0 radical (unpaired) electrons. The van der Waals surface area contributed by atoms with Gasteiger partial charge in [0.15, 0.2) is 17.5 Å². The van der Waals surface area contributed by atoms with Crippen LogP contribution in [0.1, 0.15) is 12.0 Å². The van der Waals surface area contributed by atoms with Gasteiger partial charge in [-0.3, -0.25) is 4.79 Å². The van der Waals surface area contributed by atoms with E-state index >= 15 is 0 Å². The van der Waals surface area contributed by atoms with Gasteiger partial charge in [-0.25, -0.2) is 18.0 Å². The first-order valence-electron chi connectivity index (χ1n) is 5.77. The molecule has 1 aromatic carbocycles. The summed E-state index contributed by atoms with van der Waals surface area (Å²) in [5.74, 6) is -5.15. The summed E-state index contributed by atoms with van der Waals surface area (Å²) in [4.78, 5) is 21.4. The predicted octanol–water partition coefficient (Wildman–Crippen LogP) is 1.42. The van der Waals surface area contributed by atoms with Crippen LogP contribution in [0, 0.1) is 17.5 Å². The van der Waals surface area contributed by atoms with Gasteiger partial charge in [0.2, 0.25) is 0 Å². The van der Waals surface area contributed by atoms with Gasteiger partial charge in [-0.2, -0.15) is 0 Å². The van der Waals surface area contributed by atoms with Crippen molar-refractivity contribution in [2.45, 2.75) is 12.8 Å². The molecule has 0 aromatic heterocycles. The van der Waals surface area contributed by atoms with Gasteiger partial charge in [-0.1, -0.05) is 6.07 Å². The van der Waals surface area contributed by atoms with Gasteiger partial charge in [0.05, 0.1) is 6.42 Å². The number of hydrogen-bond acceptors (Lipinski definition) is 2. The van der Waals surface area contributed by atoms with Crippen LogP contribution in [-0.2, 0) is 11.2 Å². The number of halogens is 3. The second kappa shape index (κ2) is 7.37. The van der Waals surface area contributed by atoms with E-state index in [1.165, 1.54) is 0 Å². The van der Waals surface area contributed by atoms with Gasteiger partial charge >= 0.3 is 12.0 Å². The molecule has 5 nitrogen and oxygen atoms in total. The van der Waals surface area contributed by atoms with Crippen LogP contribution in [0.2, 0.25) is 0 Å². The molecule has 0 saturated carbocycles. The van der Waals surface area contributed by atoms with E-state index in [0.717, 1.165) is 12.1 Å². The smallest absolute Gasteiger partial charge is 0.314 e. The largest absolute Gasteiger partial charge is 0.481 e. The third kappa shape index (κ3) is 4.79. The first kappa shape index (κ1) is 15.8. The van der Waals surface area contributed by atoms with E-state index < -0.39 is 29.5 Å². The number of rotatable bonds is 6. The van der Waals surface area contributed by atoms with Gasteiger partial charge in [-0.15, -0.1) is 0 Å². The number of amides is 2. The second-order valence-electron chi connectivity index (χ2n) is 3.91. The second-order valence-corrected chi connectivity index (χ2v) is 3.91. The quantitative estimate of drug-likeness (QED) is 0.693. The lowest BCUT2D eigenvalue weighted by atomic mass is 10.1. The minimum Gasteiger partial charge on any atom is -0.481 e. The maximum absolute atomic E-state index is 13.3. The normalized spacial score (nSPS) is 10.2. The summed E-state index contributed by atoms with van der Waals surface area (Å²) in [5.41, 5.74) is -0.0604. The number of carbonyl (C=O) groups is 2. The molecule has 0 spiro atoms. The molecule has 110 valence electrons. The molecule has 20 heavy (non-hydrogen) atoms. The van der Waals surface area contributed by atoms with E-state index in [1.807, 2.05) is 0 Å². The Morgan fingerprint density at radius 2 is 1.70 bits per heavy atom. The standard InChI is InChI=1S/C12H13F3N2O3/c13-8-2-1-7(10(14)11(8)15)3-5-16-12(20)17-6-4-9(18)19/h1-2H,3-6H2,(H,18,19)(H2,16,17,20). The SMILES string of the molecule is O=C(O)CCNC(=O)NCCc1ccc(F)c(F)c1F. The van der Waals surface area contributed by atoms with Crippen LogP contribution in [0.4, 0.5) is 18.0 Å². The number of carboxylic acids is 1. The fourth-order valence-corrected chi connectivity index (χ4v) is 1.42. The third-order valence-electron chi connectivity index (χ3n) is 2.42. The zero-order chi connectivity index (χ0) is 15.1. The lowest BCUT2D eigenvalue weighted by Crippen LogP contribution is -2.37. The highest BCUT2D eigenvalue weighted by molar-refractivity contribution is 5.74. The average molecular weight is 290 g/mol. The van der Waals surface area contributed by atoms with Crippen molar-refractivity contribution in [3.8, 4) is 0 Å². The Kier molecular flexibility index (Phi) is 5.82. The van der Waals surface area contributed by atoms with Crippen molar-refractivity contribution in [3.05, 3.63) is 35.1 Å². The molecule has 0 bridgehead atoms. The molecule has 8 heteroatoms. The first-order chi connectivity index (χ1) is 9.41. The van der Waals surface area contributed by atoms with Crippen LogP contribution in [0.3, 0.4) is 0 Å². The highest BCUT2D eigenvalue weighted by Crippen LogP contribution is 2.15. The molecular weight excluding hydrogens is 277 g/mol. The maximum Gasteiger partial charge on any atom is 0.314 e. The van der Waals surface area contributed by atoms with E-state index in [1.54, 1.807) is 0 Å². The number of benzene rings is 1. The summed E-state index contributed by atoms with van der Waals surface area (Å²) < 4.78 is 38.9. The van der Waals surface area contributed by atoms with E-state index in [0.29, 0.717) is 0 Å². The molecule has 0 heterocycles. The van der Waals surface area contributed by atoms with Gasteiger partial charge in [0.1, 0.15) is 0 Å². The minimum absolute atomic E-state index is 0.000890. The zero-order valence-corrected chi connectivity index (χ0v) is 10.4. The lowest BCUT2D eigenvalue weighted by Gasteiger charge is -2.07. The van der Waals surface area contributed by atoms with Crippen molar-refractivity contribution < 1.29 is 27.9 Å². The Bertz CT molecular complexity index is 509. The highest BCUT2D eigenvalue weighted by atomic mass is 19.2. The molecule has 1 rings (SSSR count). The number of carbonyl (C=O) groups excluding carboxylic acids is 1. The number of urea groups is 1. The summed E-state index contributed by atoms with van der Waals surface area (Å²) in [6, 6.07) is 1.28. The van der Waals surface area contributed by atoms with Gasteiger partial charge in [0.25, 0.3) is 0 Å². The van der Waals surface area contributed by atoms with Crippen molar-refractivity contribution >= 4 is 12.0 Å². The van der Waals surface area contributed by atoms with Gasteiger partial charge in [-0.05, 0) is 18.1 Å². The van der Waals surface area contributed by atoms with Crippen LogP contribution >= 0.6 is 0 Å². The van der Waals surface area contributed by atoms with Crippen LogP contribution in [0.15, 0.2) is 12.1 Å². The molecule has 0 unspecified atom stereocenters. The van der Waals surface area contributed by atoms with E-state index in [-0.39, 0.29) is 31.5 Å². The fourth-order valence-electron chi connectivity index (χ4n) is 1.42. The molecule has 3 N–H and O–H groups in total. The highest BCUT2D eigenvalue weighted by Gasteiger charge is 2.13. The topological polar surface area (TPSA) is 78.4 Å². The molecule has 0 aliphatic rings.